The molecule has 0 atom stereocenters. The van der Waals surface area contributed by atoms with Gasteiger partial charge in [-0.15, -0.1) is 0 Å². The molecular formula is C18H20N2. The smallest absolute Gasteiger partial charge is 0.0483 e. The summed E-state index contributed by atoms with van der Waals surface area (Å²) in [4.78, 5) is 0. The van der Waals surface area contributed by atoms with Crippen molar-refractivity contribution in [2.75, 3.05) is 6.54 Å². The maximum atomic E-state index is 5.57. The molecule has 0 aliphatic carbocycles. The summed E-state index contributed by atoms with van der Waals surface area (Å²) in [7, 11) is 0. The van der Waals surface area contributed by atoms with Crippen molar-refractivity contribution >= 4 is 10.9 Å². The van der Waals surface area contributed by atoms with Gasteiger partial charge in [-0.2, -0.15) is 0 Å². The van der Waals surface area contributed by atoms with Gasteiger partial charge in [0.1, 0.15) is 0 Å². The van der Waals surface area contributed by atoms with Gasteiger partial charge >= 0.3 is 0 Å². The van der Waals surface area contributed by atoms with Crippen LogP contribution in [-0.4, -0.2) is 11.1 Å². The van der Waals surface area contributed by atoms with Crippen LogP contribution in [-0.2, 0) is 13.0 Å². The lowest BCUT2D eigenvalue weighted by molar-refractivity contribution is 0.829. The van der Waals surface area contributed by atoms with Crippen LogP contribution >= 0.6 is 0 Å². The van der Waals surface area contributed by atoms with Crippen molar-refractivity contribution in [2.45, 2.75) is 19.4 Å². The van der Waals surface area contributed by atoms with Gasteiger partial charge in [-0.25, -0.2) is 0 Å². The summed E-state index contributed by atoms with van der Waals surface area (Å²) in [5.74, 6) is 0. The van der Waals surface area contributed by atoms with E-state index in [1.165, 1.54) is 22.0 Å². The molecular weight excluding hydrogens is 244 g/mol. The van der Waals surface area contributed by atoms with E-state index in [0.717, 1.165) is 25.9 Å². The van der Waals surface area contributed by atoms with Gasteiger partial charge in [0.05, 0.1) is 0 Å². The quantitative estimate of drug-likeness (QED) is 0.750. The average molecular weight is 264 g/mol. The Morgan fingerprint density at radius 2 is 1.75 bits per heavy atom. The summed E-state index contributed by atoms with van der Waals surface area (Å²) >= 11 is 0. The Bertz CT molecular complexity index is 683. The van der Waals surface area contributed by atoms with Gasteiger partial charge in [0, 0.05) is 18.3 Å². The molecule has 1 heterocycles. The zero-order valence-corrected chi connectivity index (χ0v) is 11.6. The first-order chi connectivity index (χ1) is 9.86. The Morgan fingerprint density at radius 3 is 2.55 bits per heavy atom. The Labute approximate surface area is 119 Å². The number of nitrogens with two attached hydrogens (primary N) is 1. The Kier molecular flexibility index (Phi) is 3.84. The van der Waals surface area contributed by atoms with Crippen LogP contribution in [0.3, 0.4) is 0 Å². The Morgan fingerprint density at radius 1 is 0.900 bits per heavy atom. The molecule has 0 saturated heterocycles. The lowest BCUT2D eigenvalue weighted by Crippen LogP contribution is -2.00. The fourth-order valence-electron chi connectivity index (χ4n) is 2.63. The molecule has 102 valence electrons. The van der Waals surface area contributed by atoms with Crippen LogP contribution in [0, 0.1) is 0 Å². The maximum absolute atomic E-state index is 5.57. The van der Waals surface area contributed by atoms with Gasteiger partial charge in [-0.3, -0.25) is 0 Å². The summed E-state index contributed by atoms with van der Waals surface area (Å²) in [5, 5.41) is 1.32. The molecule has 3 aromatic rings. The van der Waals surface area contributed by atoms with Gasteiger partial charge in [-0.1, -0.05) is 36.4 Å². The molecule has 0 amide bonds. The topological polar surface area (TPSA) is 30.9 Å². The third kappa shape index (κ3) is 2.75. The van der Waals surface area contributed by atoms with Gasteiger partial charge in [-0.05, 0) is 54.1 Å². The molecule has 0 spiro atoms. The second kappa shape index (κ2) is 5.93. The van der Waals surface area contributed by atoms with Gasteiger partial charge in [0.2, 0.25) is 0 Å². The monoisotopic (exact) mass is 264 g/mol. The molecule has 0 saturated carbocycles. The molecule has 0 fully saturated rings. The second-order valence-electron chi connectivity index (χ2n) is 5.21. The van der Waals surface area contributed by atoms with Crippen LogP contribution in [0.4, 0.5) is 0 Å². The first-order valence-electron chi connectivity index (χ1n) is 7.18. The third-order valence-electron chi connectivity index (χ3n) is 3.70. The number of aromatic nitrogens is 1. The number of benzene rings is 2. The lowest BCUT2D eigenvalue weighted by Gasteiger charge is -2.06. The molecule has 1 aromatic heterocycles. The van der Waals surface area contributed by atoms with Crippen molar-refractivity contribution in [1.29, 1.82) is 0 Å². The molecule has 2 N–H and O–H groups in total. The number of hydrogen-bond donors (Lipinski definition) is 1. The molecule has 20 heavy (non-hydrogen) atoms. The first-order valence-corrected chi connectivity index (χ1v) is 7.18. The van der Waals surface area contributed by atoms with Crippen LogP contribution in [0.25, 0.3) is 10.9 Å². The summed E-state index contributed by atoms with van der Waals surface area (Å²) < 4.78 is 2.30. The minimum Gasteiger partial charge on any atom is -0.343 e. The highest BCUT2D eigenvalue weighted by molar-refractivity contribution is 5.81. The highest BCUT2D eigenvalue weighted by atomic mass is 14.9. The normalized spacial score (nSPS) is 11.1. The number of hydrogen-bond acceptors (Lipinski definition) is 1. The van der Waals surface area contributed by atoms with Crippen molar-refractivity contribution < 1.29 is 0 Å². The van der Waals surface area contributed by atoms with E-state index >= 15 is 0 Å². The molecule has 0 aliphatic heterocycles. The minimum atomic E-state index is 0.757. The molecule has 2 nitrogen and oxygen atoms in total. The zero-order valence-electron chi connectivity index (χ0n) is 11.6. The van der Waals surface area contributed by atoms with E-state index in [0.29, 0.717) is 0 Å². The fourth-order valence-corrected chi connectivity index (χ4v) is 2.63. The van der Waals surface area contributed by atoms with E-state index in [4.69, 9.17) is 5.73 Å². The number of aryl methyl sites for hydroxylation is 1. The van der Waals surface area contributed by atoms with E-state index in [9.17, 15) is 0 Å². The average Bonchev–Trinajstić information content (AvgIpc) is 2.89. The van der Waals surface area contributed by atoms with Gasteiger partial charge in [0.15, 0.2) is 0 Å². The van der Waals surface area contributed by atoms with E-state index in [-0.39, 0.29) is 0 Å². The molecule has 3 rings (SSSR count). The van der Waals surface area contributed by atoms with E-state index in [1.807, 2.05) is 0 Å². The Hall–Kier alpha value is -2.06. The van der Waals surface area contributed by atoms with Crippen molar-refractivity contribution in [3.05, 3.63) is 71.9 Å². The maximum Gasteiger partial charge on any atom is 0.0483 e. The lowest BCUT2D eigenvalue weighted by atomic mass is 10.1. The van der Waals surface area contributed by atoms with Crippen molar-refractivity contribution in [1.82, 2.24) is 4.57 Å². The molecule has 2 aromatic carbocycles. The van der Waals surface area contributed by atoms with Gasteiger partial charge < -0.3 is 10.3 Å². The largest absolute Gasteiger partial charge is 0.343 e. The minimum absolute atomic E-state index is 0.757. The predicted octanol–water partition coefficient (Wildman–Crippen LogP) is 3.58. The summed E-state index contributed by atoms with van der Waals surface area (Å²) in [6.07, 6.45) is 4.29. The van der Waals surface area contributed by atoms with Gasteiger partial charge in [0.25, 0.3) is 0 Å². The van der Waals surface area contributed by atoms with Crippen LogP contribution < -0.4 is 5.73 Å². The van der Waals surface area contributed by atoms with E-state index in [2.05, 4.69) is 65.4 Å². The SMILES string of the molecule is NCCCc1ccc2c(ccn2Cc2ccccc2)c1. The van der Waals surface area contributed by atoms with Crippen LogP contribution in [0.1, 0.15) is 17.5 Å². The molecule has 0 unspecified atom stereocenters. The summed E-state index contributed by atoms with van der Waals surface area (Å²) in [6.45, 7) is 1.68. The van der Waals surface area contributed by atoms with E-state index in [1.54, 1.807) is 0 Å². The summed E-state index contributed by atoms with van der Waals surface area (Å²) in [5.41, 5.74) is 9.58. The number of fused-ring (bicyclic) bond motifs is 1. The standard InChI is InChI=1S/C18H20N2/c19-11-4-7-15-8-9-18-17(13-15)10-12-20(18)14-16-5-2-1-3-6-16/h1-3,5-6,8-10,12-13H,4,7,11,14,19H2. The fraction of sp³-hybridized carbons (Fsp3) is 0.222. The van der Waals surface area contributed by atoms with Crippen LogP contribution in [0.5, 0.6) is 0 Å². The molecule has 0 radical (unpaired) electrons. The number of nitrogens with zero attached hydrogens (tertiary/aromatic N) is 1. The first kappa shape index (κ1) is 12.9. The van der Waals surface area contributed by atoms with Crippen molar-refractivity contribution in [2.24, 2.45) is 5.73 Å². The predicted molar refractivity (Wildman–Crippen MR) is 84.9 cm³/mol. The number of rotatable bonds is 5. The molecule has 2 heteroatoms. The zero-order chi connectivity index (χ0) is 13.8. The summed E-state index contributed by atoms with van der Waals surface area (Å²) in [6, 6.07) is 19.5. The highest BCUT2D eigenvalue weighted by Gasteiger charge is 2.03. The van der Waals surface area contributed by atoms with Crippen molar-refractivity contribution in [3.63, 3.8) is 0 Å². The second-order valence-corrected chi connectivity index (χ2v) is 5.21. The van der Waals surface area contributed by atoms with Crippen LogP contribution in [0.2, 0.25) is 0 Å². The highest BCUT2D eigenvalue weighted by Crippen LogP contribution is 2.19. The van der Waals surface area contributed by atoms with Crippen molar-refractivity contribution in [3.8, 4) is 0 Å². The third-order valence-corrected chi connectivity index (χ3v) is 3.70. The van der Waals surface area contributed by atoms with E-state index < -0.39 is 0 Å². The Balaban J connectivity index is 1.86. The molecule has 0 bridgehead atoms. The van der Waals surface area contributed by atoms with Crippen LogP contribution in [0.15, 0.2) is 60.8 Å². The molecule has 0 aliphatic rings.